The summed E-state index contributed by atoms with van der Waals surface area (Å²) in [4.78, 5) is 16.4. The Morgan fingerprint density at radius 2 is 1.75 bits per heavy atom. The molecule has 5 rings (SSSR count). The third kappa shape index (κ3) is 5.75. The standard InChI is InChI=1S/C27H34ClN3O4S/c28-23-10-9-22-19-35-26-12-11-24(36(33,34)29-27(32)30-13-3-4-14-30)17-25(26)31(18-20-6-5-7-20)15-2-1-8-21(22)16-23/h9-12,16-17,20H,1-8,13-15,18-19H2,(H,29,32). The van der Waals surface area contributed by atoms with Crippen molar-refractivity contribution in [3.8, 4) is 5.75 Å². The molecule has 0 aromatic heterocycles. The molecule has 0 atom stereocenters. The number of sulfonamides is 1. The van der Waals surface area contributed by atoms with Gasteiger partial charge in [-0.05, 0) is 92.3 Å². The van der Waals surface area contributed by atoms with Gasteiger partial charge in [-0.15, -0.1) is 0 Å². The van der Waals surface area contributed by atoms with Crippen LogP contribution in [0, 0.1) is 5.92 Å². The van der Waals surface area contributed by atoms with Gasteiger partial charge in [0.15, 0.2) is 0 Å². The summed E-state index contributed by atoms with van der Waals surface area (Å²) in [5.41, 5.74) is 3.06. The van der Waals surface area contributed by atoms with Gasteiger partial charge >= 0.3 is 6.03 Å². The molecule has 0 radical (unpaired) electrons. The maximum absolute atomic E-state index is 13.2. The molecule has 9 heteroatoms. The second-order valence-corrected chi connectivity index (χ2v) is 12.3. The molecule has 0 spiro atoms. The zero-order valence-corrected chi connectivity index (χ0v) is 22.1. The average molecular weight is 532 g/mol. The Hall–Kier alpha value is -2.45. The molecule has 1 N–H and O–H groups in total. The summed E-state index contributed by atoms with van der Waals surface area (Å²) in [6.45, 7) is 3.24. The van der Waals surface area contributed by atoms with Crippen LogP contribution in [-0.4, -0.2) is 45.5 Å². The summed E-state index contributed by atoms with van der Waals surface area (Å²) in [7, 11) is -4.01. The molecule has 1 aliphatic carbocycles. The zero-order valence-electron chi connectivity index (χ0n) is 20.5. The lowest BCUT2D eigenvalue weighted by Gasteiger charge is -2.34. The highest BCUT2D eigenvalue weighted by atomic mass is 35.5. The SMILES string of the molecule is O=C(NS(=O)(=O)c1ccc2c(c1)N(CC1CCC1)CCCCc1cc(Cl)ccc1CO2)N1CCCC1. The van der Waals surface area contributed by atoms with Crippen LogP contribution < -0.4 is 14.4 Å². The molecule has 2 aliphatic heterocycles. The van der Waals surface area contributed by atoms with Gasteiger partial charge in [-0.25, -0.2) is 17.9 Å². The van der Waals surface area contributed by atoms with Gasteiger partial charge in [-0.1, -0.05) is 24.1 Å². The Morgan fingerprint density at radius 3 is 2.50 bits per heavy atom. The van der Waals surface area contributed by atoms with Gasteiger partial charge in [0.25, 0.3) is 10.0 Å². The van der Waals surface area contributed by atoms with E-state index in [0.717, 1.165) is 61.5 Å². The van der Waals surface area contributed by atoms with Crippen molar-refractivity contribution in [2.45, 2.75) is 62.9 Å². The van der Waals surface area contributed by atoms with Crippen LogP contribution in [0.15, 0.2) is 41.3 Å². The van der Waals surface area contributed by atoms with Crippen LogP contribution in [0.3, 0.4) is 0 Å². The quantitative estimate of drug-likeness (QED) is 0.575. The van der Waals surface area contributed by atoms with E-state index in [1.54, 1.807) is 17.0 Å². The van der Waals surface area contributed by atoms with E-state index >= 15 is 0 Å². The molecular formula is C27H34ClN3O4S. The van der Waals surface area contributed by atoms with E-state index in [0.29, 0.717) is 31.4 Å². The predicted molar refractivity (Wildman–Crippen MR) is 141 cm³/mol. The van der Waals surface area contributed by atoms with Gasteiger partial charge in [-0.3, -0.25) is 0 Å². The fourth-order valence-electron chi connectivity index (χ4n) is 5.23. The number of amides is 2. The maximum Gasteiger partial charge on any atom is 0.331 e. The number of fused-ring (bicyclic) bond motifs is 2. The van der Waals surface area contributed by atoms with Crippen molar-refractivity contribution in [1.29, 1.82) is 0 Å². The molecule has 2 aromatic rings. The monoisotopic (exact) mass is 531 g/mol. The van der Waals surface area contributed by atoms with E-state index in [2.05, 4.69) is 9.62 Å². The Balaban J connectivity index is 1.45. The van der Waals surface area contributed by atoms with Crippen LogP contribution in [-0.2, 0) is 23.1 Å². The maximum atomic E-state index is 13.2. The molecule has 0 bridgehead atoms. The summed E-state index contributed by atoms with van der Waals surface area (Å²) in [6.07, 6.45) is 8.34. The van der Waals surface area contributed by atoms with Crippen molar-refractivity contribution in [3.05, 3.63) is 52.5 Å². The Morgan fingerprint density at radius 1 is 0.972 bits per heavy atom. The van der Waals surface area contributed by atoms with E-state index in [1.165, 1.54) is 30.9 Å². The number of urea groups is 1. The third-order valence-corrected chi connectivity index (χ3v) is 9.13. The zero-order chi connectivity index (χ0) is 25.1. The van der Waals surface area contributed by atoms with Gasteiger partial charge in [0.05, 0.1) is 10.6 Å². The number of carbonyl (C=O) groups excluding carboxylic acids is 1. The number of benzene rings is 2. The van der Waals surface area contributed by atoms with E-state index in [9.17, 15) is 13.2 Å². The number of hydrogen-bond donors (Lipinski definition) is 1. The first kappa shape index (κ1) is 25.2. The van der Waals surface area contributed by atoms with E-state index in [1.807, 2.05) is 18.2 Å². The van der Waals surface area contributed by atoms with E-state index < -0.39 is 16.1 Å². The molecule has 2 amide bonds. The van der Waals surface area contributed by atoms with Gasteiger partial charge in [0.2, 0.25) is 0 Å². The first-order valence-corrected chi connectivity index (χ1v) is 14.9. The highest BCUT2D eigenvalue weighted by molar-refractivity contribution is 7.90. The highest BCUT2D eigenvalue weighted by Crippen LogP contribution is 2.36. The topological polar surface area (TPSA) is 79.0 Å². The lowest BCUT2D eigenvalue weighted by Crippen LogP contribution is -2.41. The molecule has 36 heavy (non-hydrogen) atoms. The van der Waals surface area contributed by atoms with Crippen LogP contribution in [0.4, 0.5) is 10.5 Å². The summed E-state index contributed by atoms with van der Waals surface area (Å²) in [5.74, 6) is 1.26. The van der Waals surface area contributed by atoms with Crippen LogP contribution in [0.2, 0.25) is 5.02 Å². The van der Waals surface area contributed by atoms with Crippen molar-refractivity contribution in [3.63, 3.8) is 0 Å². The minimum absolute atomic E-state index is 0.0815. The second-order valence-electron chi connectivity index (χ2n) is 10.1. The molecule has 0 unspecified atom stereocenters. The fraction of sp³-hybridized carbons (Fsp3) is 0.519. The van der Waals surface area contributed by atoms with Crippen molar-refractivity contribution < 1.29 is 17.9 Å². The number of nitrogens with zero attached hydrogens (tertiary/aromatic N) is 2. The van der Waals surface area contributed by atoms with Crippen LogP contribution >= 0.6 is 11.6 Å². The van der Waals surface area contributed by atoms with Crippen molar-refractivity contribution in [1.82, 2.24) is 9.62 Å². The Bertz CT molecular complexity index is 1210. The summed E-state index contributed by atoms with van der Waals surface area (Å²) in [5, 5.41) is 0.724. The number of ether oxygens (including phenoxy) is 1. The number of hydrogen-bond acceptors (Lipinski definition) is 5. The minimum Gasteiger partial charge on any atom is -0.487 e. The average Bonchev–Trinajstić information content (AvgIpc) is 3.36. The predicted octanol–water partition coefficient (Wildman–Crippen LogP) is 5.36. The number of likely N-dealkylation sites (tertiary alicyclic amines) is 1. The number of halogens is 1. The van der Waals surface area contributed by atoms with Crippen molar-refractivity contribution in [2.75, 3.05) is 31.1 Å². The smallest absolute Gasteiger partial charge is 0.331 e. The summed E-state index contributed by atoms with van der Waals surface area (Å²) in [6, 6.07) is 10.3. The van der Waals surface area contributed by atoms with E-state index in [-0.39, 0.29) is 4.90 Å². The highest BCUT2D eigenvalue weighted by Gasteiger charge is 2.27. The van der Waals surface area contributed by atoms with Crippen LogP contribution in [0.25, 0.3) is 0 Å². The molecular weight excluding hydrogens is 498 g/mol. The minimum atomic E-state index is -4.01. The molecule has 7 nitrogen and oxygen atoms in total. The van der Waals surface area contributed by atoms with Crippen LogP contribution in [0.5, 0.6) is 5.75 Å². The second kappa shape index (κ2) is 10.9. The van der Waals surface area contributed by atoms with Gasteiger partial charge in [0.1, 0.15) is 12.4 Å². The Labute approximate surface area is 218 Å². The van der Waals surface area contributed by atoms with Gasteiger partial charge in [0, 0.05) is 31.2 Å². The third-order valence-electron chi connectivity index (χ3n) is 7.58. The van der Waals surface area contributed by atoms with Crippen molar-refractivity contribution >= 4 is 33.3 Å². The molecule has 194 valence electrons. The molecule has 2 heterocycles. The summed E-state index contributed by atoms with van der Waals surface area (Å²) < 4.78 is 34.9. The number of rotatable bonds is 4. The van der Waals surface area contributed by atoms with Crippen molar-refractivity contribution in [2.24, 2.45) is 5.92 Å². The van der Waals surface area contributed by atoms with E-state index in [4.69, 9.17) is 16.3 Å². The Kier molecular flexibility index (Phi) is 7.62. The van der Waals surface area contributed by atoms with Gasteiger partial charge < -0.3 is 14.5 Å². The van der Waals surface area contributed by atoms with Gasteiger partial charge in [-0.2, -0.15) is 0 Å². The lowest BCUT2D eigenvalue weighted by molar-refractivity contribution is 0.214. The molecule has 3 aliphatic rings. The number of carbonyl (C=O) groups is 1. The number of anilines is 1. The normalized spacial score (nSPS) is 18.9. The molecule has 1 saturated carbocycles. The summed E-state index contributed by atoms with van der Waals surface area (Å²) >= 11 is 6.26. The lowest BCUT2D eigenvalue weighted by atomic mass is 9.85. The molecule has 2 aromatic carbocycles. The number of nitrogens with one attached hydrogen (secondary N) is 1. The fourth-order valence-corrected chi connectivity index (χ4v) is 6.42. The molecule has 2 fully saturated rings. The molecule has 1 saturated heterocycles. The largest absolute Gasteiger partial charge is 0.487 e. The number of aryl methyl sites for hydroxylation is 1. The first-order valence-electron chi connectivity index (χ1n) is 13.0. The first-order chi connectivity index (χ1) is 17.4. The van der Waals surface area contributed by atoms with Crippen LogP contribution in [0.1, 0.15) is 56.1 Å².